The highest BCUT2D eigenvalue weighted by atomic mass is 19.1. The fraction of sp³-hybridized carbons (Fsp3) is 0.238. The van der Waals surface area contributed by atoms with Crippen molar-refractivity contribution in [2.75, 3.05) is 36.9 Å². The summed E-state index contributed by atoms with van der Waals surface area (Å²) in [5, 5.41) is 18.6. The molecule has 3 aromatic rings. The van der Waals surface area contributed by atoms with E-state index in [0.717, 1.165) is 29.9 Å². The minimum absolute atomic E-state index is 0.0353. The van der Waals surface area contributed by atoms with Gasteiger partial charge < -0.3 is 20.7 Å². The van der Waals surface area contributed by atoms with Crippen molar-refractivity contribution in [3.05, 3.63) is 60.4 Å². The summed E-state index contributed by atoms with van der Waals surface area (Å²) in [5.41, 5.74) is 2.51. The number of hydrogen-bond donors (Lipinski definition) is 3. The molecule has 0 unspecified atom stereocenters. The summed E-state index contributed by atoms with van der Waals surface area (Å²) in [6.07, 6.45) is 4.56. The Morgan fingerprint density at radius 1 is 1.17 bits per heavy atom. The van der Waals surface area contributed by atoms with Gasteiger partial charge in [-0.05, 0) is 17.7 Å². The summed E-state index contributed by atoms with van der Waals surface area (Å²) in [4.78, 5) is 12.6. The Balaban J connectivity index is 1.59. The zero-order valence-electron chi connectivity index (χ0n) is 16.1. The van der Waals surface area contributed by atoms with Gasteiger partial charge in [0.2, 0.25) is 0 Å². The van der Waals surface area contributed by atoms with Gasteiger partial charge in [-0.1, -0.05) is 12.1 Å². The van der Waals surface area contributed by atoms with Crippen LogP contribution in [0.3, 0.4) is 0 Å². The molecule has 0 aliphatic carbocycles. The molecule has 4 rings (SSSR count). The van der Waals surface area contributed by atoms with Crippen LogP contribution in [0.1, 0.15) is 5.69 Å². The Labute approximate surface area is 173 Å². The van der Waals surface area contributed by atoms with E-state index in [0.29, 0.717) is 24.8 Å². The zero-order valence-corrected chi connectivity index (χ0v) is 16.1. The van der Waals surface area contributed by atoms with Gasteiger partial charge in [-0.2, -0.15) is 5.26 Å². The third kappa shape index (κ3) is 4.86. The van der Waals surface area contributed by atoms with Crippen LogP contribution in [0.4, 0.5) is 21.7 Å². The van der Waals surface area contributed by atoms with Crippen LogP contribution in [0, 0.1) is 17.1 Å². The molecule has 1 aliphatic heterocycles. The lowest BCUT2D eigenvalue weighted by atomic mass is 10.1. The molecule has 1 aliphatic rings. The first-order chi connectivity index (χ1) is 14.7. The third-order valence-corrected chi connectivity index (χ3v) is 4.59. The molecule has 152 valence electrons. The maximum absolute atomic E-state index is 13.8. The van der Waals surface area contributed by atoms with Gasteiger partial charge in [-0.25, -0.2) is 19.3 Å². The highest BCUT2D eigenvalue weighted by molar-refractivity contribution is 5.79. The van der Waals surface area contributed by atoms with Crippen molar-refractivity contribution in [2.24, 2.45) is 0 Å². The fourth-order valence-electron chi connectivity index (χ4n) is 3.11. The van der Waals surface area contributed by atoms with Crippen molar-refractivity contribution < 1.29 is 9.13 Å². The van der Waals surface area contributed by atoms with Gasteiger partial charge in [0, 0.05) is 43.1 Å². The van der Waals surface area contributed by atoms with Gasteiger partial charge in [-0.3, -0.25) is 0 Å². The van der Waals surface area contributed by atoms with Gasteiger partial charge in [-0.15, -0.1) is 0 Å². The first-order valence-corrected chi connectivity index (χ1v) is 9.52. The van der Waals surface area contributed by atoms with E-state index in [9.17, 15) is 4.39 Å². The zero-order chi connectivity index (χ0) is 20.8. The van der Waals surface area contributed by atoms with E-state index >= 15 is 0 Å². The highest BCUT2D eigenvalue weighted by Crippen LogP contribution is 2.30. The lowest BCUT2D eigenvalue weighted by Gasteiger charge is -2.25. The van der Waals surface area contributed by atoms with Crippen LogP contribution in [-0.2, 0) is 4.74 Å². The molecule has 30 heavy (non-hydrogen) atoms. The topological polar surface area (TPSA) is 108 Å². The molecular weight excluding hydrogens is 385 g/mol. The second kappa shape index (κ2) is 9.26. The SMILES string of the molecule is N#Cc1cnc(Nc2cc(NC[C@H]3CNCCO3)c(-c3cccc(F)c3)cn2)cn1. The Hall–Kier alpha value is -3.61. The summed E-state index contributed by atoms with van der Waals surface area (Å²) < 4.78 is 19.5. The first kappa shape index (κ1) is 19.7. The molecule has 1 saturated heterocycles. The molecule has 0 bridgehead atoms. The quantitative estimate of drug-likeness (QED) is 0.575. The number of nitrogens with one attached hydrogen (secondary N) is 3. The first-order valence-electron chi connectivity index (χ1n) is 9.52. The van der Waals surface area contributed by atoms with Gasteiger partial charge >= 0.3 is 0 Å². The maximum atomic E-state index is 13.8. The number of benzene rings is 1. The molecular formula is C21H20FN7O. The summed E-state index contributed by atoms with van der Waals surface area (Å²) >= 11 is 0. The van der Waals surface area contributed by atoms with Crippen molar-refractivity contribution in [1.29, 1.82) is 5.26 Å². The molecule has 0 saturated carbocycles. The number of rotatable bonds is 6. The summed E-state index contributed by atoms with van der Waals surface area (Å²) in [6, 6.07) is 10.1. The average molecular weight is 405 g/mol. The minimum atomic E-state index is -0.312. The number of anilines is 3. The Morgan fingerprint density at radius 3 is 2.80 bits per heavy atom. The largest absolute Gasteiger partial charge is 0.382 e. The van der Waals surface area contributed by atoms with E-state index in [2.05, 4.69) is 30.9 Å². The third-order valence-electron chi connectivity index (χ3n) is 4.59. The van der Waals surface area contributed by atoms with E-state index in [1.165, 1.54) is 24.5 Å². The van der Waals surface area contributed by atoms with Gasteiger partial charge in [0.05, 0.1) is 25.1 Å². The van der Waals surface area contributed by atoms with Gasteiger partial charge in [0.15, 0.2) is 5.69 Å². The second-order valence-corrected chi connectivity index (χ2v) is 6.73. The number of ether oxygens (including phenoxy) is 1. The standard InChI is InChI=1S/C21H20FN7O/c22-15-3-1-2-14(6-15)18-12-28-20(29-21-13-25-16(8-23)9-27-21)7-19(18)26-11-17-10-24-4-5-30-17/h1-3,6-7,9,12-13,17,24H,4-5,10-11H2,(H2,26,27,28,29)/t17-/m1/s1. The average Bonchev–Trinajstić information content (AvgIpc) is 2.79. The number of morpholine rings is 1. The monoisotopic (exact) mass is 405 g/mol. The van der Waals surface area contributed by atoms with Crippen molar-refractivity contribution in [3.8, 4) is 17.2 Å². The van der Waals surface area contributed by atoms with Crippen LogP contribution in [0.25, 0.3) is 11.1 Å². The lowest BCUT2D eigenvalue weighted by molar-refractivity contribution is 0.0372. The molecule has 0 amide bonds. The van der Waals surface area contributed by atoms with Crippen molar-refractivity contribution in [2.45, 2.75) is 6.10 Å². The van der Waals surface area contributed by atoms with Crippen LogP contribution in [0.2, 0.25) is 0 Å². The number of nitrogens with zero attached hydrogens (tertiary/aromatic N) is 4. The molecule has 2 aromatic heterocycles. The maximum Gasteiger partial charge on any atom is 0.158 e. The smallest absolute Gasteiger partial charge is 0.158 e. The number of hydrogen-bond acceptors (Lipinski definition) is 8. The molecule has 0 radical (unpaired) electrons. The van der Waals surface area contributed by atoms with E-state index in [1.807, 2.05) is 18.2 Å². The van der Waals surface area contributed by atoms with E-state index < -0.39 is 0 Å². The highest BCUT2D eigenvalue weighted by Gasteiger charge is 2.15. The predicted octanol–water partition coefficient (Wildman–Crippen LogP) is 2.69. The number of halogens is 1. The minimum Gasteiger partial charge on any atom is -0.382 e. The van der Waals surface area contributed by atoms with E-state index in [-0.39, 0.29) is 17.6 Å². The van der Waals surface area contributed by atoms with Crippen LogP contribution in [-0.4, -0.2) is 47.3 Å². The molecule has 3 N–H and O–H groups in total. The molecule has 0 spiro atoms. The van der Waals surface area contributed by atoms with Crippen LogP contribution >= 0.6 is 0 Å². The normalized spacial score (nSPS) is 15.9. The number of aromatic nitrogens is 3. The fourth-order valence-corrected chi connectivity index (χ4v) is 3.11. The Morgan fingerprint density at radius 2 is 2.07 bits per heavy atom. The molecule has 1 aromatic carbocycles. The summed E-state index contributed by atoms with van der Waals surface area (Å²) in [7, 11) is 0. The van der Waals surface area contributed by atoms with Gasteiger partial charge in [0.1, 0.15) is 23.5 Å². The predicted molar refractivity (Wildman–Crippen MR) is 111 cm³/mol. The summed E-state index contributed by atoms with van der Waals surface area (Å²) in [6.45, 7) is 2.87. The van der Waals surface area contributed by atoms with E-state index in [4.69, 9.17) is 10.00 Å². The second-order valence-electron chi connectivity index (χ2n) is 6.73. The van der Waals surface area contributed by atoms with E-state index in [1.54, 1.807) is 12.3 Å². The van der Waals surface area contributed by atoms with Crippen LogP contribution < -0.4 is 16.0 Å². The molecule has 1 fully saturated rings. The Kier molecular flexibility index (Phi) is 6.08. The van der Waals surface area contributed by atoms with Crippen molar-refractivity contribution in [3.63, 3.8) is 0 Å². The number of pyridine rings is 1. The molecule has 9 heteroatoms. The molecule has 3 heterocycles. The Bertz CT molecular complexity index is 1050. The van der Waals surface area contributed by atoms with Gasteiger partial charge in [0.25, 0.3) is 0 Å². The lowest BCUT2D eigenvalue weighted by Crippen LogP contribution is -2.42. The molecule has 1 atom stereocenters. The summed E-state index contributed by atoms with van der Waals surface area (Å²) in [5.74, 6) is 0.693. The van der Waals surface area contributed by atoms with Crippen molar-refractivity contribution in [1.82, 2.24) is 20.3 Å². The van der Waals surface area contributed by atoms with Crippen molar-refractivity contribution >= 4 is 17.3 Å². The van der Waals surface area contributed by atoms with Crippen LogP contribution in [0.15, 0.2) is 48.9 Å². The number of nitriles is 1. The molecule has 8 nitrogen and oxygen atoms in total. The van der Waals surface area contributed by atoms with Crippen LogP contribution in [0.5, 0.6) is 0 Å².